The van der Waals surface area contributed by atoms with Crippen molar-refractivity contribution < 1.29 is 4.79 Å². The van der Waals surface area contributed by atoms with Crippen molar-refractivity contribution in [3.63, 3.8) is 0 Å². The van der Waals surface area contributed by atoms with Crippen LogP contribution < -0.4 is 10.2 Å². The summed E-state index contributed by atoms with van der Waals surface area (Å²) in [6, 6.07) is 3.90. The van der Waals surface area contributed by atoms with Gasteiger partial charge < -0.3 is 10.2 Å². The van der Waals surface area contributed by atoms with Crippen LogP contribution in [0.15, 0.2) is 30.7 Å². The average molecular weight is 366 g/mol. The van der Waals surface area contributed by atoms with Gasteiger partial charge >= 0.3 is 0 Å². The van der Waals surface area contributed by atoms with E-state index in [1.807, 2.05) is 16.6 Å². The maximum atomic E-state index is 12.0. The van der Waals surface area contributed by atoms with Crippen LogP contribution in [0, 0.1) is 5.92 Å². The van der Waals surface area contributed by atoms with E-state index in [2.05, 4.69) is 51.2 Å². The first-order valence-electron chi connectivity index (χ1n) is 8.94. The van der Waals surface area contributed by atoms with Gasteiger partial charge in [0.1, 0.15) is 11.5 Å². The smallest absolute Gasteiger partial charge is 0.271 e. The number of hydrogen-bond acceptors (Lipinski definition) is 7. The molecule has 1 fully saturated rings. The Balaban J connectivity index is 1.37. The third-order valence-electron chi connectivity index (χ3n) is 4.55. The zero-order valence-corrected chi connectivity index (χ0v) is 15.6. The highest BCUT2D eigenvalue weighted by Crippen LogP contribution is 2.25. The number of carbonyl (C=O) groups is 1. The molecule has 1 aliphatic rings. The number of nitrogens with zero attached hydrogens (tertiary/aromatic N) is 7. The lowest BCUT2D eigenvalue weighted by atomic mass is 9.96. The quantitative estimate of drug-likeness (QED) is 0.737. The van der Waals surface area contributed by atoms with Crippen LogP contribution >= 0.6 is 0 Å². The van der Waals surface area contributed by atoms with E-state index < -0.39 is 0 Å². The number of carbonyl (C=O) groups excluding carboxylic acids is 1. The summed E-state index contributed by atoms with van der Waals surface area (Å²) in [5.74, 6) is 1.92. The predicted molar refractivity (Wildman–Crippen MR) is 99.6 cm³/mol. The molecule has 9 nitrogen and oxygen atoms in total. The zero-order valence-electron chi connectivity index (χ0n) is 15.6. The van der Waals surface area contributed by atoms with Crippen molar-refractivity contribution in [2.75, 3.05) is 24.5 Å². The van der Waals surface area contributed by atoms with E-state index in [0.717, 1.165) is 30.4 Å². The first kappa shape index (κ1) is 17.3. The number of aromatic nitrogens is 6. The molecule has 0 aromatic carbocycles. The van der Waals surface area contributed by atoms with Crippen molar-refractivity contribution in [3.05, 3.63) is 42.2 Å². The van der Waals surface area contributed by atoms with Gasteiger partial charge in [0, 0.05) is 43.4 Å². The minimum absolute atomic E-state index is 0.132. The highest BCUT2D eigenvalue weighted by molar-refractivity contribution is 5.91. The topological polar surface area (TPSA) is 101 Å². The van der Waals surface area contributed by atoms with Crippen LogP contribution in [0.3, 0.4) is 0 Å². The lowest BCUT2D eigenvalue weighted by Crippen LogP contribution is -2.52. The summed E-state index contributed by atoms with van der Waals surface area (Å²) in [7, 11) is 0. The molecular formula is C18H22N8O. The minimum Gasteiger partial charge on any atom is -0.354 e. The number of rotatable bonds is 4. The fraction of sp³-hybridized carbons (Fsp3) is 0.444. The first-order chi connectivity index (χ1) is 12.9. The molecule has 4 heterocycles. The summed E-state index contributed by atoms with van der Waals surface area (Å²) in [5, 5.41) is 16.1. The summed E-state index contributed by atoms with van der Waals surface area (Å²) < 4.78 is 1.82. The lowest BCUT2D eigenvalue weighted by molar-refractivity contribution is 0.0939. The second-order valence-electron chi connectivity index (χ2n) is 7.81. The van der Waals surface area contributed by atoms with Crippen molar-refractivity contribution in [2.45, 2.75) is 26.2 Å². The summed E-state index contributed by atoms with van der Waals surface area (Å²) in [6.45, 7) is 8.57. The number of nitrogens with one attached hydrogen (secondary N) is 1. The van der Waals surface area contributed by atoms with E-state index in [1.165, 1.54) is 12.4 Å². The molecule has 3 aromatic rings. The molecule has 0 spiro atoms. The van der Waals surface area contributed by atoms with Gasteiger partial charge in [0.05, 0.1) is 6.20 Å². The third-order valence-corrected chi connectivity index (χ3v) is 4.55. The van der Waals surface area contributed by atoms with Crippen molar-refractivity contribution in [2.24, 2.45) is 5.92 Å². The van der Waals surface area contributed by atoms with Crippen LogP contribution in [0.25, 0.3) is 5.65 Å². The fourth-order valence-corrected chi connectivity index (χ4v) is 3.05. The van der Waals surface area contributed by atoms with Crippen LogP contribution in [-0.2, 0) is 5.41 Å². The highest BCUT2D eigenvalue weighted by Gasteiger charge is 2.29. The third kappa shape index (κ3) is 3.44. The monoisotopic (exact) mass is 366 g/mol. The van der Waals surface area contributed by atoms with Crippen molar-refractivity contribution in [1.29, 1.82) is 0 Å². The summed E-state index contributed by atoms with van der Waals surface area (Å²) >= 11 is 0. The van der Waals surface area contributed by atoms with Crippen LogP contribution in [-0.4, -0.2) is 55.3 Å². The summed E-state index contributed by atoms with van der Waals surface area (Å²) in [5.41, 5.74) is 0.952. The maximum absolute atomic E-state index is 12.0. The minimum atomic E-state index is -0.194. The zero-order chi connectivity index (χ0) is 19.0. The molecule has 0 radical (unpaired) electrons. The second-order valence-corrected chi connectivity index (χ2v) is 7.81. The van der Waals surface area contributed by atoms with Gasteiger partial charge in [-0.25, -0.2) is 4.98 Å². The number of fused-ring (bicyclic) bond motifs is 1. The Morgan fingerprint density at radius 3 is 2.74 bits per heavy atom. The Morgan fingerprint density at radius 1 is 1.22 bits per heavy atom. The molecule has 4 rings (SSSR count). The van der Waals surface area contributed by atoms with E-state index in [0.29, 0.717) is 18.2 Å². The lowest BCUT2D eigenvalue weighted by Gasteiger charge is -2.40. The molecule has 140 valence electrons. The molecule has 9 heteroatoms. The fourth-order valence-electron chi connectivity index (χ4n) is 3.05. The van der Waals surface area contributed by atoms with Gasteiger partial charge in [0.15, 0.2) is 11.5 Å². The average Bonchev–Trinajstić information content (AvgIpc) is 3.04. The Bertz CT molecular complexity index is 956. The molecule has 27 heavy (non-hydrogen) atoms. The van der Waals surface area contributed by atoms with Gasteiger partial charge in [-0.2, -0.15) is 4.52 Å². The summed E-state index contributed by atoms with van der Waals surface area (Å²) in [4.78, 5) is 22.1. The van der Waals surface area contributed by atoms with Crippen molar-refractivity contribution in [1.82, 2.24) is 35.1 Å². The molecule has 1 amide bonds. The number of hydrogen-bond donors (Lipinski definition) is 1. The Labute approximate surface area is 156 Å². The summed E-state index contributed by atoms with van der Waals surface area (Å²) in [6.07, 6.45) is 4.53. The molecule has 0 unspecified atom stereocenters. The molecule has 1 saturated heterocycles. The highest BCUT2D eigenvalue weighted by atomic mass is 16.1. The van der Waals surface area contributed by atoms with Crippen LogP contribution in [0.2, 0.25) is 0 Å². The van der Waals surface area contributed by atoms with Crippen molar-refractivity contribution >= 4 is 17.4 Å². The normalized spacial score (nSPS) is 15.0. The molecule has 0 aliphatic carbocycles. The van der Waals surface area contributed by atoms with Gasteiger partial charge in [0.2, 0.25) is 0 Å². The SMILES string of the molecule is CC(C)(C)c1nnc2ccc(N3CC(CNC(=O)c4cnccn4)C3)nn12. The molecule has 0 bridgehead atoms. The molecule has 3 aromatic heterocycles. The standard InChI is InChI=1S/C18H22N8O/c1-18(2,3)17-23-22-14-4-5-15(24-26(14)17)25-10-12(11-25)8-21-16(27)13-9-19-6-7-20-13/h4-7,9,12H,8,10-11H2,1-3H3,(H,21,27). The van der Waals surface area contributed by atoms with E-state index in [9.17, 15) is 4.79 Å². The number of amides is 1. The second kappa shape index (κ2) is 6.57. The first-order valence-corrected chi connectivity index (χ1v) is 8.94. The van der Waals surface area contributed by atoms with Gasteiger partial charge in [-0.3, -0.25) is 9.78 Å². The molecular weight excluding hydrogens is 344 g/mol. The Hall–Kier alpha value is -3.10. The van der Waals surface area contributed by atoms with Crippen LogP contribution in [0.1, 0.15) is 37.1 Å². The molecule has 1 aliphatic heterocycles. The van der Waals surface area contributed by atoms with Crippen LogP contribution in [0.4, 0.5) is 5.82 Å². The molecule has 1 N–H and O–H groups in total. The van der Waals surface area contributed by atoms with Crippen molar-refractivity contribution in [3.8, 4) is 0 Å². The molecule has 0 saturated carbocycles. The predicted octanol–water partition coefficient (Wildman–Crippen LogP) is 1.08. The van der Waals surface area contributed by atoms with Gasteiger partial charge in [-0.05, 0) is 12.1 Å². The van der Waals surface area contributed by atoms with Gasteiger partial charge in [-0.15, -0.1) is 15.3 Å². The molecule has 0 atom stereocenters. The van der Waals surface area contributed by atoms with Gasteiger partial charge in [0.25, 0.3) is 5.91 Å². The van der Waals surface area contributed by atoms with Gasteiger partial charge in [-0.1, -0.05) is 20.8 Å². The Kier molecular flexibility index (Phi) is 4.21. The largest absolute Gasteiger partial charge is 0.354 e. The van der Waals surface area contributed by atoms with E-state index >= 15 is 0 Å². The van der Waals surface area contributed by atoms with E-state index in [4.69, 9.17) is 5.10 Å². The number of anilines is 1. The van der Waals surface area contributed by atoms with Crippen LogP contribution in [0.5, 0.6) is 0 Å². The Morgan fingerprint density at radius 2 is 2.04 bits per heavy atom. The van der Waals surface area contributed by atoms with E-state index in [-0.39, 0.29) is 11.3 Å². The maximum Gasteiger partial charge on any atom is 0.271 e. The van der Waals surface area contributed by atoms with E-state index in [1.54, 1.807) is 6.20 Å².